The van der Waals surface area contributed by atoms with Gasteiger partial charge in [0.05, 0.1) is 12.6 Å². The summed E-state index contributed by atoms with van der Waals surface area (Å²) < 4.78 is 5.16. The molecule has 0 heterocycles. The zero-order valence-corrected chi connectivity index (χ0v) is 11.4. The van der Waals surface area contributed by atoms with Crippen LogP contribution in [0.1, 0.15) is 37.7 Å². The molecule has 1 aromatic carbocycles. The molecule has 0 bridgehead atoms. The third kappa shape index (κ3) is 3.47. The normalized spacial score (nSPS) is 17.8. The molecule has 4 heteroatoms. The van der Waals surface area contributed by atoms with Gasteiger partial charge in [0.1, 0.15) is 5.75 Å². The zero-order chi connectivity index (χ0) is 13.7. The lowest BCUT2D eigenvalue weighted by molar-refractivity contribution is -0.127. The highest BCUT2D eigenvalue weighted by Crippen LogP contribution is 2.26. The Labute approximate surface area is 114 Å². The maximum absolute atomic E-state index is 12.2. The number of hydrogen-bond donors (Lipinski definition) is 2. The Hall–Kier alpha value is -1.55. The second kappa shape index (κ2) is 6.06. The minimum atomic E-state index is -0.670. The van der Waals surface area contributed by atoms with Gasteiger partial charge in [-0.15, -0.1) is 0 Å². The predicted molar refractivity (Wildman–Crippen MR) is 74.8 cm³/mol. The molecular weight excluding hydrogens is 240 g/mol. The van der Waals surface area contributed by atoms with Crippen molar-refractivity contribution in [1.82, 2.24) is 5.32 Å². The summed E-state index contributed by atoms with van der Waals surface area (Å²) in [7, 11) is 1.63. The van der Waals surface area contributed by atoms with Crippen molar-refractivity contribution in [2.24, 2.45) is 5.73 Å². The number of ether oxygens (including phenoxy) is 1. The molecule has 0 unspecified atom stereocenters. The quantitative estimate of drug-likeness (QED) is 0.872. The number of carbonyl (C=O) groups is 1. The summed E-state index contributed by atoms with van der Waals surface area (Å²) >= 11 is 0. The Morgan fingerprint density at radius 3 is 2.79 bits per heavy atom. The Balaban J connectivity index is 1.92. The Bertz CT molecular complexity index is 440. The van der Waals surface area contributed by atoms with Crippen molar-refractivity contribution < 1.29 is 9.53 Å². The van der Waals surface area contributed by atoms with Gasteiger partial charge in [0.25, 0.3) is 0 Å². The molecule has 104 valence electrons. The van der Waals surface area contributed by atoms with E-state index in [0.717, 1.165) is 37.0 Å². The molecule has 0 aromatic heterocycles. The highest BCUT2D eigenvalue weighted by atomic mass is 16.5. The molecule has 19 heavy (non-hydrogen) atoms. The summed E-state index contributed by atoms with van der Waals surface area (Å²) in [4.78, 5) is 12.2. The third-order valence-electron chi connectivity index (χ3n) is 3.79. The summed E-state index contributed by atoms with van der Waals surface area (Å²) in [5, 5.41) is 2.94. The van der Waals surface area contributed by atoms with Crippen molar-refractivity contribution in [3.05, 3.63) is 29.8 Å². The second-order valence-electron chi connectivity index (χ2n) is 5.25. The lowest BCUT2D eigenvalue weighted by Gasteiger charge is -2.31. The smallest absolute Gasteiger partial charge is 0.240 e. The Kier molecular flexibility index (Phi) is 4.43. The molecule has 3 N–H and O–H groups in total. The van der Waals surface area contributed by atoms with Crippen LogP contribution in [-0.2, 0) is 11.3 Å². The number of amides is 1. The summed E-state index contributed by atoms with van der Waals surface area (Å²) in [6.07, 6.45) is 4.85. The first-order valence-electron chi connectivity index (χ1n) is 6.84. The molecule has 0 radical (unpaired) electrons. The van der Waals surface area contributed by atoms with Crippen molar-refractivity contribution in [3.8, 4) is 5.75 Å². The van der Waals surface area contributed by atoms with Crippen LogP contribution in [0.3, 0.4) is 0 Å². The SMILES string of the molecule is COc1cccc(CNC(=O)C2(N)CCCCC2)c1. The number of methoxy groups -OCH3 is 1. The number of rotatable bonds is 4. The zero-order valence-electron chi connectivity index (χ0n) is 11.4. The molecule has 1 aliphatic rings. The predicted octanol–water partition coefficient (Wildman–Crippen LogP) is 1.97. The summed E-state index contributed by atoms with van der Waals surface area (Å²) in [5.41, 5.74) is 6.54. The van der Waals surface area contributed by atoms with Crippen molar-refractivity contribution in [3.63, 3.8) is 0 Å². The van der Waals surface area contributed by atoms with Gasteiger partial charge >= 0.3 is 0 Å². The number of carbonyl (C=O) groups excluding carboxylic acids is 1. The summed E-state index contributed by atoms with van der Waals surface area (Å²) in [6.45, 7) is 0.495. The minimum Gasteiger partial charge on any atom is -0.497 e. The van der Waals surface area contributed by atoms with Crippen LogP contribution in [0, 0.1) is 0 Å². The van der Waals surface area contributed by atoms with Crippen molar-refractivity contribution in [2.45, 2.75) is 44.2 Å². The highest BCUT2D eigenvalue weighted by Gasteiger charge is 2.34. The van der Waals surface area contributed by atoms with Crippen LogP contribution in [0.5, 0.6) is 5.75 Å². The van der Waals surface area contributed by atoms with Crippen LogP contribution < -0.4 is 15.8 Å². The van der Waals surface area contributed by atoms with Gasteiger partial charge in [-0.05, 0) is 30.5 Å². The molecule has 1 aromatic rings. The maximum Gasteiger partial charge on any atom is 0.240 e. The van der Waals surface area contributed by atoms with Crippen LogP contribution in [0.15, 0.2) is 24.3 Å². The third-order valence-corrected chi connectivity index (χ3v) is 3.79. The molecule has 1 saturated carbocycles. The fourth-order valence-electron chi connectivity index (χ4n) is 2.55. The van der Waals surface area contributed by atoms with Gasteiger partial charge < -0.3 is 15.8 Å². The molecule has 0 saturated heterocycles. The summed E-state index contributed by atoms with van der Waals surface area (Å²) in [5.74, 6) is 0.766. The van der Waals surface area contributed by atoms with Crippen molar-refractivity contribution in [1.29, 1.82) is 0 Å². The molecule has 0 aliphatic heterocycles. The van der Waals surface area contributed by atoms with Gasteiger partial charge in [-0.3, -0.25) is 4.79 Å². The van der Waals surface area contributed by atoms with Crippen LogP contribution in [0.4, 0.5) is 0 Å². The second-order valence-corrected chi connectivity index (χ2v) is 5.25. The molecule has 1 amide bonds. The van der Waals surface area contributed by atoms with Gasteiger partial charge in [0, 0.05) is 6.54 Å². The fraction of sp³-hybridized carbons (Fsp3) is 0.533. The Morgan fingerprint density at radius 1 is 1.37 bits per heavy atom. The van der Waals surface area contributed by atoms with E-state index in [4.69, 9.17) is 10.5 Å². The Morgan fingerprint density at radius 2 is 2.11 bits per heavy atom. The molecule has 4 nitrogen and oxygen atoms in total. The van der Waals surface area contributed by atoms with Gasteiger partial charge in [-0.1, -0.05) is 31.4 Å². The first-order valence-corrected chi connectivity index (χ1v) is 6.84. The van der Waals surface area contributed by atoms with E-state index in [-0.39, 0.29) is 5.91 Å². The number of nitrogens with one attached hydrogen (secondary N) is 1. The fourth-order valence-corrected chi connectivity index (χ4v) is 2.55. The van der Waals surface area contributed by atoms with E-state index in [2.05, 4.69) is 5.32 Å². The van der Waals surface area contributed by atoms with E-state index < -0.39 is 5.54 Å². The molecular formula is C15H22N2O2. The lowest BCUT2D eigenvalue weighted by Crippen LogP contribution is -2.54. The highest BCUT2D eigenvalue weighted by molar-refractivity contribution is 5.86. The van der Waals surface area contributed by atoms with Gasteiger partial charge in [-0.25, -0.2) is 0 Å². The van der Waals surface area contributed by atoms with Crippen molar-refractivity contribution >= 4 is 5.91 Å². The van der Waals surface area contributed by atoms with Gasteiger partial charge in [-0.2, -0.15) is 0 Å². The molecule has 1 aliphatic carbocycles. The average molecular weight is 262 g/mol. The minimum absolute atomic E-state index is 0.0324. The van der Waals surface area contributed by atoms with E-state index in [9.17, 15) is 4.79 Å². The molecule has 1 fully saturated rings. The van der Waals surface area contributed by atoms with E-state index in [1.807, 2.05) is 24.3 Å². The van der Waals surface area contributed by atoms with Crippen LogP contribution >= 0.6 is 0 Å². The number of nitrogens with two attached hydrogens (primary N) is 1. The largest absolute Gasteiger partial charge is 0.497 e. The average Bonchev–Trinajstić information content (AvgIpc) is 2.45. The molecule has 0 atom stereocenters. The molecule has 0 spiro atoms. The maximum atomic E-state index is 12.2. The van der Waals surface area contributed by atoms with E-state index in [1.54, 1.807) is 7.11 Å². The molecule has 2 rings (SSSR count). The summed E-state index contributed by atoms with van der Waals surface area (Å²) in [6, 6.07) is 7.69. The lowest BCUT2D eigenvalue weighted by atomic mass is 9.82. The first-order chi connectivity index (χ1) is 9.14. The van der Waals surface area contributed by atoms with Gasteiger partial charge in [0.2, 0.25) is 5.91 Å². The first kappa shape index (κ1) is 13.9. The van der Waals surface area contributed by atoms with Crippen LogP contribution in [0.2, 0.25) is 0 Å². The van der Waals surface area contributed by atoms with E-state index in [0.29, 0.717) is 6.54 Å². The monoisotopic (exact) mass is 262 g/mol. The topological polar surface area (TPSA) is 64.3 Å². The number of hydrogen-bond acceptors (Lipinski definition) is 3. The van der Waals surface area contributed by atoms with E-state index >= 15 is 0 Å². The van der Waals surface area contributed by atoms with Crippen molar-refractivity contribution in [2.75, 3.05) is 7.11 Å². The standard InChI is InChI=1S/C15H22N2O2/c1-19-13-7-5-6-12(10-13)11-17-14(18)15(16)8-3-2-4-9-15/h5-7,10H,2-4,8-9,11,16H2,1H3,(H,17,18). The van der Waals surface area contributed by atoms with E-state index in [1.165, 1.54) is 6.42 Å². The number of benzene rings is 1. The van der Waals surface area contributed by atoms with Gasteiger partial charge in [0.15, 0.2) is 0 Å². The van der Waals surface area contributed by atoms with Crippen LogP contribution in [0.25, 0.3) is 0 Å². The van der Waals surface area contributed by atoms with Crippen LogP contribution in [-0.4, -0.2) is 18.6 Å².